The fraction of sp³-hybridized carbons (Fsp3) is 0.100. The molecule has 1 aliphatic rings. The lowest BCUT2D eigenvalue weighted by molar-refractivity contribution is -0.137. The Morgan fingerprint density at radius 2 is 1.41 bits per heavy atom. The van der Waals surface area contributed by atoms with Crippen LogP contribution in [0, 0.1) is 6.92 Å². The molecule has 0 radical (unpaired) electrons. The van der Waals surface area contributed by atoms with E-state index in [9.17, 15) is 21.6 Å². The molecule has 4 aromatic carbocycles. The fourth-order valence-electron chi connectivity index (χ4n) is 4.21. The van der Waals surface area contributed by atoms with Crippen molar-refractivity contribution in [3.8, 4) is 0 Å². The molecule has 198 valence electrons. The van der Waals surface area contributed by atoms with Gasteiger partial charge in [0.05, 0.1) is 10.5 Å². The van der Waals surface area contributed by atoms with Crippen molar-refractivity contribution in [1.29, 1.82) is 0 Å². The van der Waals surface area contributed by atoms with Crippen molar-refractivity contribution in [2.75, 3.05) is 4.90 Å². The van der Waals surface area contributed by atoms with Gasteiger partial charge in [0, 0.05) is 5.69 Å². The zero-order valence-electron chi connectivity index (χ0n) is 20.7. The van der Waals surface area contributed by atoms with Gasteiger partial charge in [0.2, 0.25) is 0 Å². The van der Waals surface area contributed by atoms with Gasteiger partial charge in [0.15, 0.2) is 0 Å². The number of amidine groups is 1. The van der Waals surface area contributed by atoms with Crippen molar-refractivity contribution in [3.05, 3.63) is 137 Å². The number of benzene rings is 4. The first-order valence-electron chi connectivity index (χ1n) is 12.0. The first kappa shape index (κ1) is 26.2. The second-order valence-corrected chi connectivity index (χ2v) is 10.6. The summed E-state index contributed by atoms with van der Waals surface area (Å²) < 4.78 is 76.1. The number of aryl methyl sites for hydroxylation is 1. The molecule has 0 bridgehead atoms. The molecule has 1 fully saturated rings. The molecule has 0 spiro atoms. The molecule has 4 aromatic rings. The third-order valence-electron chi connectivity index (χ3n) is 6.16. The summed E-state index contributed by atoms with van der Waals surface area (Å²) in [6, 6.07) is 28.5. The van der Waals surface area contributed by atoms with Gasteiger partial charge in [-0.15, -0.1) is 4.40 Å². The SMILES string of the molecule is Cc1ccc(S(=O)(=O)/N=C2/O/C(=C\c3ccc(C(F)(F)F)cc3)C(c3ccccc3)N2c2ccccc2)cc1. The smallest absolute Gasteiger partial charge is 0.416 e. The number of ether oxygens (including phenoxy) is 1. The maximum Gasteiger partial charge on any atom is 0.416 e. The largest absolute Gasteiger partial charge is 0.427 e. The van der Waals surface area contributed by atoms with Crippen LogP contribution in [-0.2, 0) is 20.9 Å². The van der Waals surface area contributed by atoms with Crippen LogP contribution in [0.15, 0.2) is 124 Å². The van der Waals surface area contributed by atoms with Gasteiger partial charge < -0.3 is 4.74 Å². The van der Waals surface area contributed by atoms with Gasteiger partial charge in [-0.05, 0) is 60.5 Å². The monoisotopic (exact) mass is 548 g/mol. The predicted octanol–water partition coefficient (Wildman–Crippen LogP) is 7.38. The summed E-state index contributed by atoms with van der Waals surface area (Å²) in [5, 5.41) is 0. The zero-order valence-corrected chi connectivity index (χ0v) is 21.5. The second-order valence-electron chi connectivity index (χ2n) is 8.95. The topological polar surface area (TPSA) is 59.0 Å². The van der Waals surface area contributed by atoms with E-state index in [1.807, 2.05) is 43.3 Å². The Labute approximate surface area is 224 Å². The summed E-state index contributed by atoms with van der Waals surface area (Å²) in [6.07, 6.45) is -2.87. The number of hydrogen-bond donors (Lipinski definition) is 0. The number of nitrogens with zero attached hydrogens (tertiary/aromatic N) is 2. The van der Waals surface area contributed by atoms with E-state index < -0.39 is 27.8 Å². The number of alkyl halides is 3. The van der Waals surface area contributed by atoms with E-state index in [2.05, 4.69) is 4.40 Å². The van der Waals surface area contributed by atoms with Crippen molar-refractivity contribution < 1.29 is 26.3 Å². The van der Waals surface area contributed by atoms with Gasteiger partial charge in [-0.25, -0.2) is 0 Å². The molecule has 39 heavy (non-hydrogen) atoms. The molecule has 0 aromatic heterocycles. The number of hydrogen-bond acceptors (Lipinski definition) is 3. The molecule has 0 amide bonds. The van der Waals surface area contributed by atoms with Crippen LogP contribution in [0.4, 0.5) is 18.9 Å². The Morgan fingerprint density at radius 3 is 2.00 bits per heavy atom. The van der Waals surface area contributed by atoms with Crippen LogP contribution in [0.2, 0.25) is 0 Å². The van der Waals surface area contributed by atoms with Gasteiger partial charge in [-0.1, -0.05) is 78.4 Å². The Bertz CT molecular complexity index is 1620. The van der Waals surface area contributed by atoms with Crippen LogP contribution in [0.3, 0.4) is 0 Å². The first-order valence-corrected chi connectivity index (χ1v) is 13.4. The maximum atomic E-state index is 13.3. The Hall–Kier alpha value is -4.37. The summed E-state index contributed by atoms with van der Waals surface area (Å²) in [7, 11) is -4.16. The summed E-state index contributed by atoms with van der Waals surface area (Å²) in [6.45, 7) is 1.85. The molecule has 1 unspecified atom stereocenters. The van der Waals surface area contributed by atoms with E-state index in [-0.39, 0.29) is 10.9 Å². The van der Waals surface area contributed by atoms with Crippen molar-refractivity contribution in [3.63, 3.8) is 0 Å². The van der Waals surface area contributed by atoms with Crippen LogP contribution in [-0.4, -0.2) is 14.4 Å². The number of rotatable bonds is 5. The average Bonchev–Trinajstić information content (AvgIpc) is 3.26. The zero-order chi connectivity index (χ0) is 27.6. The summed E-state index contributed by atoms with van der Waals surface area (Å²) >= 11 is 0. The first-order chi connectivity index (χ1) is 18.6. The maximum absolute atomic E-state index is 13.3. The van der Waals surface area contributed by atoms with Gasteiger partial charge >= 0.3 is 12.2 Å². The highest BCUT2D eigenvalue weighted by molar-refractivity contribution is 7.90. The molecule has 1 atom stereocenters. The van der Waals surface area contributed by atoms with Gasteiger partial charge in [-0.2, -0.15) is 21.6 Å². The number of halogens is 3. The van der Waals surface area contributed by atoms with Crippen LogP contribution in [0.5, 0.6) is 0 Å². The number of para-hydroxylation sites is 1. The molecule has 1 heterocycles. The Morgan fingerprint density at radius 1 is 0.821 bits per heavy atom. The van der Waals surface area contributed by atoms with Gasteiger partial charge in [-0.3, -0.25) is 4.90 Å². The third kappa shape index (κ3) is 5.73. The highest BCUT2D eigenvalue weighted by atomic mass is 32.2. The molecule has 1 saturated heterocycles. The molecular weight excluding hydrogens is 525 g/mol. The lowest BCUT2D eigenvalue weighted by atomic mass is 10.0. The van der Waals surface area contributed by atoms with E-state index >= 15 is 0 Å². The standard InChI is InChI=1S/C30H23F3N2O3S/c1-21-12-18-26(19-13-21)39(36,37)34-29-35(25-10-6-3-7-11-25)28(23-8-4-2-5-9-23)27(38-29)20-22-14-16-24(17-15-22)30(31,32)33/h2-20,28H,1H3/b27-20-,34-29+. The summed E-state index contributed by atoms with van der Waals surface area (Å²) in [4.78, 5) is 1.67. The van der Waals surface area contributed by atoms with Crippen molar-refractivity contribution >= 4 is 27.8 Å². The van der Waals surface area contributed by atoms with E-state index in [0.29, 0.717) is 17.0 Å². The number of sulfonamides is 1. The molecule has 0 N–H and O–H groups in total. The Kier molecular flexibility index (Phi) is 7.01. The lowest BCUT2D eigenvalue weighted by Crippen LogP contribution is -2.29. The van der Waals surface area contributed by atoms with E-state index in [1.54, 1.807) is 47.4 Å². The van der Waals surface area contributed by atoms with Crippen molar-refractivity contribution in [1.82, 2.24) is 0 Å². The van der Waals surface area contributed by atoms with Crippen molar-refractivity contribution in [2.24, 2.45) is 4.40 Å². The Balaban J connectivity index is 1.66. The normalized spacial score (nSPS) is 17.9. The molecule has 0 aliphatic carbocycles. The predicted molar refractivity (Wildman–Crippen MR) is 144 cm³/mol. The van der Waals surface area contributed by atoms with Gasteiger partial charge in [0.1, 0.15) is 11.8 Å². The van der Waals surface area contributed by atoms with E-state index in [1.165, 1.54) is 24.3 Å². The van der Waals surface area contributed by atoms with Gasteiger partial charge in [0.25, 0.3) is 10.0 Å². The fourth-order valence-corrected chi connectivity index (χ4v) is 5.13. The third-order valence-corrected chi connectivity index (χ3v) is 7.42. The quantitative estimate of drug-likeness (QED) is 0.261. The van der Waals surface area contributed by atoms with E-state index in [0.717, 1.165) is 23.3 Å². The van der Waals surface area contributed by atoms with Crippen molar-refractivity contribution in [2.45, 2.75) is 24.0 Å². The van der Waals surface area contributed by atoms with Crippen LogP contribution in [0.25, 0.3) is 6.08 Å². The molecule has 5 nitrogen and oxygen atoms in total. The summed E-state index contributed by atoms with van der Waals surface area (Å²) in [5.41, 5.74) is 1.98. The van der Waals surface area contributed by atoms with E-state index in [4.69, 9.17) is 4.74 Å². The molecular formula is C30H23F3N2O3S. The van der Waals surface area contributed by atoms with Crippen LogP contribution < -0.4 is 4.90 Å². The number of anilines is 1. The average molecular weight is 549 g/mol. The molecule has 5 rings (SSSR count). The second kappa shape index (κ2) is 10.4. The summed E-state index contributed by atoms with van der Waals surface area (Å²) in [5.74, 6) is 0.308. The minimum absolute atomic E-state index is 0.00800. The van der Waals surface area contributed by atoms with Crippen LogP contribution >= 0.6 is 0 Å². The highest BCUT2D eigenvalue weighted by Crippen LogP contribution is 2.41. The minimum atomic E-state index is -4.46. The van der Waals surface area contributed by atoms with Crippen LogP contribution in [0.1, 0.15) is 28.3 Å². The molecule has 1 aliphatic heterocycles. The lowest BCUT2D eigenvalue weighted by Gasteiger charge is -2.24. The molecule has 9 heteroatoms. The highest BCUT2D eigenvalue weighted by Gasteiger charge is 2.40. The molecule has 0 saturated carbocycles. The minimum Gasteiger partial charge on any atom is -0.427 e.